The highest BCUT2D eigenvalue weighted by atomic mass is 19.1. The minimum absolute atomic E-state index is 0.150. The zero-order chi connectivity index (χ0) is 15.0. The number of amides is 1. The number of hydrogen-bond acceptors (Lipinski definition) is 1. The Balaban J connectivity index is 2.15. The molecule has 2 N–H and O–H groups in total. The number of primary amides is 1. The van der Waals surface area contributed by atoms with Crippen molar-refractivity contribution in [2.24, 2.45) is 5.73 Å². The molecule has 1 aliphatic rings. The smallest absolute Gasteiger partial charge is 0.221 e. The molecule has 0 spiro atoms. The number of hydrogen-bond donors (Lipinski definition) is 1. The van der Waals surface area contributed by atoms with E-state index < -0.39 is 17.5 Å². The molecular weight excluding hydrogens is 272 g/mol. The number of halogens is 2. The van der Waals surface area contributed by atoms with Crippen molar-refractivity contribution in [1.82, 2.24) is 0 Å². The van der Waals surface area contributed by atoms with Crippen LogP contribution in [0.25, 0.3) is 11.1 Å². The molecule has 1 saturated carbocycles. The first-order valence-electron chi connectivity index (χ1n) is 6.91. The fraction of sp³-hybridized carbons (Fsp3) is 0.235. The Hall–Kier alpha value is -2.23. The molecule has 3 rings (SSSR count). The molecule has 2 aromatic rings. The van der Waals surface area contributed by atoms with Gasteiger partial charge in [0.1, 0.15) is 11.6 Å². The second-order valence-electron chi connectivity index (χ2n) is 5.45. The van der Waals surface area contributed by atoms with E-state index >= 15 is 0 Å². The quantitative estimate of drug-likeness (QED) is 0.918. The predicted molar refractivity (Wildman–Crippen MR) is 76.7 cm³/mol. The van der Waals surface area contributed by atoms with Crippen molar-refractivity contribution in [3.63, 3.8) is 0 Å². The highest BCUT2D eigenvalue weighted by Gasteiger charge is 2.29. The van der Waals surface area contributed by atoms with E-state index in [1.54, 1.807) is 6.07 Å². The Kier molecular flexibility index (Phi) is 3.45. The molecular formula is C17H15F2NO. The van der Waals surface area contributed by atoms with Crippen LogP contribution in [-0.4, -0.2) is 5.91 Å². The first kappa shape index (κ1) is 13.7. The summed E-state index contributed by atoms with van der Waals surface area (Å²) in [4.78, 5) is 11.2. The van der Waals surface area contributed by atoms with Gasteiger partial charge in [-0.1, -0.05) is 18.2 Å². The number of nitrogens with two attached hydrogens (primary N) is 1. The minimum Gasteiger partial charge on any atom is -0.369 e. The number of rotatable bonds is 4. The van der Waals surface area contributed by atoms with Crippen LogP contribution in [0.2, 0.25) is 0 Å². The lowest BCUT2D eigenvalue weighted by Gasteiger charge is -2.14. The third-order valence-electron chi connectivity index (χ3n) is 3.72. The zero-order valence-corrected chi connectivity index (χ0v) is 11.4. The van der Waals surface area contributed by atoms with Gasteiger partial charge in [-0.25, -0.2) is 8.78 Å². The molecule has 2 nitrogen and oxygen atoms in total. The van der Waals surface area contributed by atoms with Crippen molar-refractivity contribution in [2.45, 2.75) is 25.2 Å². The van der Waals surface area contributed by atoms with Crippen LogP contribution in [0.1, 0.15) is 29.9 Å². The Labute approximate surface area is 121 Å². The standard InChI is InChI=1S/C17H15F2NO/c18-13-6-12(7-14(19)9-13)15-3-1-2-11(8-16(20)21)17(15)10-4-5-10/h1-3,6-7,9-10H,4-5,8H2,(H2,20,21). The van der Waals surface area contributed by atoms with Gasteiger partial charge in [-0.15, -0.1) is 0 Å². The van der Waals surface area contributed by atoms with Crippen LogP contribution < -0.4 is 5.73 Å². The van der Waals surface area contributed by atoms with Gasteiger partial charge in [-0.3, -0.25) is 4.79 Å². The summed E-state index contributed by atoms with van der Waals surface area (Å²) < 4.78 is 26.9. The maximum absolute atomic E-state index is 13.5. The van der Waals surface area contributed by atoms with Gasteiger partial charge in [-0.2, -0.15) is 0 Å². The van der Waals surface area contributed by atoms with E-state index in [1.165, 1.54) is 12.1 Å². The first-order chi connectivity index (χ1) is 10.0. The summed E-state index contributed by atoms with van der Waals surface area (Å²) in [6.07, 6.45) is 2.21. The van der Waals surface area contributed by atoms with Gasteiger partial charge in [0, 0.05) is 6.07 Å². The lowest BCUT2D eigenvalue weighted by molar-refractivity contribution is -0.117. The monoisotopic (exact) mass is 287 g/mol. The summed E-state index contributed by atoms with van der Waals surface area (Å²) in [5.74, 6) is -1.26. The van der Waals surface area contributed by atoms with E-state index in [1.807, 2.05) is 12.1 Å². The van der Waals surface area contributed by atoms with Crippen molar-refractivity contribution >= 4 is 5.91 Å². The van der Waals surface area contributed by atoms with Crippen LogP contribution in [0.5, 0.6) is 0 Å². The SMILES string of the molecule is NC(=O)Cc1cccc(-c2cc(F)cc(F)c2)c1C1CC1. The summed E-state index contributed by atoms with van der Waals surface area (Å²) in [6.45, 7) is 0. The molecule has 0 bridgehead atoms. The largest absolute Gasteiger partial charge is 0.369 e. The van der Waals surface area contributed by atoms with E-state index in [4.69, 9.17) is 5.73 Å². The lowest BCUT2D eigenvalue weighted by atomic mass is 9.91. The maximum Gasteiger partial charge on any atom is 0.221 e. The minimum atomic E-state index is -0.605. The molecule has 0 aromatic heterocycles. The van der Waals surface area contributed by atoms with E-state index in [0.717, 1.165) is 35.6 Å². The van der Waals surface area contributed by atoms with Crippen molar-refractivity contribution in [3.8, 4) is 11.1 Å². The summed E-state index contributed by atoms with van der Waals surface area (Å²) in [7, 11) is 0. The van der Waals surface area contributed by atoms with E-state index in [0.29, 0.717) is 11.5 Å². The zero-order valence-electron chi connectivity index (χ0n) is 11.4. The molecule has 1 amide bonds. The summed E-state index contributed by atoms with van der Waals surface area (Å²) in [5, 5.41) is 0. The molecule has 0 saturated heterocycles. The van der Waals surface area contributed by atoms with Crippen LogP contribution >= 0.6 is 0 Å². The van der Waals surface area contributed by atoms with Gasteiger partial charge in [0.2, 0.25) is 5.91 Å². The fourth-order valence-electron chi connectivity index (χ4n) is 2.77. The summed E-state index contributed by atoms with van der Waals surface area (Å²) in [6, 6.07) is 8.98. The molecule has 0 unspecified atom stereocenters. The highest BCUT2D eigenvalue weighted by molar-refractivity contribution is 5.79. The Morgan fingerprint density at radius 1 is 1.14 bits per heavy atom. The van der Waals surface area contributed by atoms with Crippen molar-refractivity contribution in [3.05, 3.63) is 59.2 Å². The molecule has 0 aliphatic heterocycles. The van der Waals surface area contributed by atoms with Gasteiger partial charge < -0.3 is 5.73 Å². The van der Waals surface area contributed by atoms with Crippen LogP contribution in [0.4, 0.5) is 8.78 Å². The predicted octanol–water partition coefficient (Wildman–Crippen LogP) is 3.54. The average molecular weight is 287 g/mol. The number of carbonyl (C=O) groups excluding carboxylic acids is 1. The normalized spacial score (nSPS) is 14.2. The van der Waals surface area contributed by atoms with Gasteiger partial charge in [0.05, 0.1) is 6.42 Å². The van der Waals surface area contributed by atoms with Gasteiger partial charge in [0.25, 0.3) is 0 Å². The van der Waals surface area contributed by atoms with Crippen LogP contribution in [0.15, 0.2) is 36.4 Å². The second kappa shape index (κ2) is 5.28. The Morgan fingerprint density at radius 3 is 2.38 bits per heavy atom. The molecule has 21 heavy (non-hydrogen) atoms. The topological polar surface area (TPSA) is 43.1 Å². The first-order valence-corrected chi connectivity index (χ1v) is 6.91. The van der Waals surface area contributed by atoms with Crippen LogP contribution in [0, 0.1) is 11.6 Å². The Morgan fingerprint density at radius 2 is 1.81 bits per heavy atom. The second-order valence-corrected chi connectivity index (χ2v) is 5.45. The van der Waals surface area contributed by atoms with Gasteiger partial charge in [0.15, 0.2) is 0 Å². The van der Waals surface area contributed by atoms with Gasteiger partial charge in [-0.05, 0) is 53.1 Å². The maximum atomic E-state index is 13.5. The highest BCUT2D eigenvalue weighted by Crippen LogP contribution is 2.46. The Bertz CT molecular complexity index is 688. The molecule has 0 radical (unpaired) electrons. The van der Waals surface area contributed by atoms with E-state index in [-0.39, 0.29) is 6.42 Å². The van der Waals surface area contributed by atoms with Gasteiger partial charge >= 0.3 is 0 Å². The molecule has 4 heteroatoms. The van der Waals surface area contributed by atoms with Crippen molar-refractivity contribution in [2.75, 3.05) is 0 Å². The van der Waals surface area contributed by atoms with Crippen LogP contribution in [-0.2, 0) is 11.2 Å². The molecule has 108 valence electrons. The molecule has 2 aromatic carbocycles. The molecule has 1 aliphatic carbocycles. The van der Waals surface area contributed by atoms with Crippen molar-refractivity contribution < 1.29 is 13.6 Å². The van der Waals surface area contributed by atoms with Crippen LogP contribution in [0.3, 0.4) is 0 Å². The fourth-order valence-corrected chi connectivity index (χ4v) is 2.77. The summed E-state index contributed by atoms with van der Waals surface area (Å²) >= 11 is 0. The molecule has 0 atom stereocenters. The third-order valence-corrected chi connectivity index (χ3v) is 3.72. The lowest BCUT2D eigenvalue weighted by Crippen LogP contribution is -2.15. The molecule has 0 heterocycles. The van der Waals surface area contributed by atoms with E-state index in [9.17, 15) is 13.6 Å². The third kappa shape index (κ3) is 2.94. The number of benzene rings is 2. The molecule has 1 fully saturated rings. The van der Waals surface area contributed by atoms with E-state index in [2.05, 4.69) is 0 Å². The van der Waals surface area contributed by atoms with Crippen molar-refractivity contribution in [1.29, 1.82) is 0 Å². The summed E-state index contributed by atoms with van der Waals surface area (Å²) in [5.41, 5.74) is 8.43. The number of carbonyl (C=O) groups is 1. The average Bonchev–Trinajstić information content (AvgIpc) is 3.20.